The van der Waals surface area contributed by atoms with E-state index in [0.717, 1.165) is 61.5 Å². The highest BCUT2D eigenvalue weighted by Crippen LogP contribution is 2.35. The molecular formula is C25H29N3O2. The zero-order chi connectivity index (χ0) is 20.8. The van der Waals surface area contributed by atoms with Gasteiger partial charge in [0.05, 0.1) is 12.1 Å². The molecule has 1 atom stereocenters. The first kappa shape index (κ1) is 19.0. The lowest BCUT2D eigenvalue weighted by Crippen LogP contribution is -2.49. The van der Waals surface area contributed by atoms with Gasteiger partial charge in [-0.3, -0.25) is 4.79 Å². The van der Waals surface area contributed by atoms with Gasteiger partial charge < -0.3 is 19.1 Å². The van der Waals surface area contributed by atoms with Crippen LogP contribution < -0.4 is 9.64 Å². The number of carbonyl (C=O) groups is 1. The van der Waals surface area contributed by atoms with Crippen LogP contribution in [0.2, 0.25) is 0 Å². The summed E-state index contributed by atoms with van der Waals surface area (Å²) in [5, 5.41) is 1.08. The van der Waals surface area contributed by atoms with E-state index in [4.69, 9.17) is 4.74 Å². The maximum atomic E-state index is 13.5. The van der Waals surface area contributed by atoms with Gasteiger partial charge in [-0.1, -0.05) is 31.2 Å². The highest BCUT2D eigenvalue weighted by atomic mass is 16.5. The molecule has 5 heteroatoms. The average molecular weight is 404 g/mol. The third kappa shape index (κ3) is 3.04. The number of hydrogen-bond donors (Lipinski definition) is 0. The number of amides is 1. The summed E-state index contributed by atoms with van der Waals surface area (Å²) < 4.78 is 8.31. The molecular weight excluding hydrogens is 374 g/mol. The third-order valence-corrected chi connectivity index (χ3v) is 6.72. The van der Waals surface area contributed by atoms with E-state index in [2.05, 4.69) is 54.5 Å². The molecule has 0 bridgehead atoms. The van der Waals surface area contributed by atoms with Crippen LogP contribution >= 0.6 is 0 Å². The molecule has 0 radical (unpaired) electrons. The predicted octanol–water partition coefficient (Wildman–Crippen LogP) is 4.39. The molecule has 2 aromatic carbocycles. The Kier molecular flexibility index (Phi) is 4.69. The fourth-order valence-corrected chi connectivity index (χ4v) is 4.78. The Morgan fingerprint density at radius 3 is 2.60 bits per heavy atom. The van der Waals surface area contributed by atoms with Gasteiger partial charge in [-0.05, 0) is 49.6 Å². The standard InChI is InChI=1S/C25H29N3O2/c1-4-20-16-28-22(15-19-8-6-10-23(30-20)24(19)28)25(29)27-13-11-26(12-14-27)21-9-5-7-17(2)18(21)3/h5-10,15,20H,4,11-14,16H2,1-3H3. The molecule has 0 saturated carbocycles. The quantitative estimate of drug-likeness (QED) is 0.651. The molecule has 0 aliphatic carbocycles. The van der Waals surface area contributed by atoms with Crippen molar-refractivity contribution < 1.29 is 9.53 Å². The number of para-hydroxylation sites is 1. The van der Waals surface area contributed by atoms with Gasteiger partial charge in [-0.2, -0.15) is 0 Å². The molecule has 2 aliphatic heterocycles. The van der Waals surface area contributed by atoms with Crippen molar-refractivity contribution in [2.24, 2.45) is 0 Å². The van der Waals surface area contributed by atoms with Gasteiger partial charge in [-0.15, -0.1) is 0 Å². The fraction of sp³-hybridized carbons (Fsp3) is 0.400. The molecule has 2 aliphatic rings. The van der Waals surface area contributed by atoms with E-state index < -0.39 is 0 Å². The summed E-state index contributed by atoms with van der Waals surface area (Å²) in [5.41, 5.74) is 5.78. The number of aromatic nitrogens is 1. The SMILES string of the molecule is CCC1Cn2c(C(=O)N3CCN(c4cccc(C)c4C)CC3)cc3cccc(c32)O1. The van der Waals surface area contributed by atoms with E-state index in [1.807, 2.05) is 23.1 Å². The van der Waals surface area contributed by atoms with Crippen LogP contribution in [-0.2, 0) is 6.54 Å². The Morgan fingerprint density at radius 2 is 1.83 bits per heavy atom. The van der Waals surface area contributed by atoms with Crippen LogP contribution in [0.5, 0.6) is 5.75 Å². The van der Waals surface area contributed by atoms with Gasteiger partial charge in [-0.25, -0.2) is 0 Å². The van der Waals surface area contributed by atoms with Crippen LogP contribution in [0.3, 0.4) is 0 Å². The van der Waals surface area contributed by atoms with Gasteiger partial charge in [0.15, 0.2) is 0 Å². The zero-order valence-corrected chi connectivity index (χ0v) is 18.0. The summed E-state index contributed by atoms with van der Waals surface area (Å²) >= 11 is 0. The fourth-order valence-electron chi connectivity index (χ4n) is 4.78. The first-order valence-electron chi connectivity index (χ1n) is 11.0. The molecule has 3 aromatic rings. The molecule has 1 amide bonds. The summed E-state index contributed by atoms with van der Waals surface area (Å²) in [4.78, 5) is 17.9. The maximum absolute atomic E-state index is 13.5. The van der Waals surface area contributed by atoms with Gasteiger partial charge in [0.25, 0.3) is 5.91 Å². The Balaban J connectivity index is 1.39. The molecule has 1 saturated heterocycles. The number of benzene rings is 2. The van der Waals surface area contributed by atoms with E-state index in [1.54, 1.807) is 0 Å². The van der Waals surface area contributed by atoms with Crippen molar-refractivity contribution >= 4 is 22.5 Å². The lowest BCUT2D eigenvalue weighted by Gasteiger charge is -2.37. The van der Waals surface area contributed by atoms with E-state index in [9.17, 15) is 4.79 Å². The number of ether oxygens (including phenoxy) is 1. The number of carbonyl (C=O) groups excluding carboxylic acids is 1. The topological polar surface area (TPSA) is 37.7 Å². The van der Waals surface area contributed by atoms with Crippen LogP contribution in [0.15, 0.2) is 42.5 Å². The number of aryl methyl sites for hydroxylation is 1. The molecule has 1 fully saturated rings. The van der Waals surface area contributed by atoms with Crippen LogP contribution in [0.4, 0.5) is 5.69 Å². The first-order chi connectivity index (χ1) is 14.6. The van der Waals surface area contributed by atoms with E-state index >= 15 is 0 Å². The van der Waals surface area contributed by atoms with E-state index in [0.29, 0.717) is 0 Å². The Hall–Kier alpha value is -2.95. The molecule has 1 unspecified atom stereocenters. The van der Waals surface area contributed by atoms with Crippen molar-refractivity contribution in [3.05, 3.63) is 59.3 Å². The third-order valence-electron chi connectivity index (χ3n) is 6.72. The normalized spacial score (nSPS) is 18.6. The average Bonchev–Trinajstić information content (AvgIpc) is 3.15. The lowest BCUT2D eigenvalue weighted by atomic mass is 10.1. The lowest BCUT2D eigenvalue weighted by molar-refractivity contribution is 0.0730. The monoisotopic (exact) mass is 403 g/mol. The molecule has 0 spiro atoms. The smallest absolute Gasteiger partial charge is 0.270 e. The van der Waals surface area contributed by atoms with Gasteiger partial charge >= 0.3 is 0 Å². The predicted molar refractivity (Wildman–Crippen MR) is 121 cm³/mol. The minimum atomic E-state index is 0.114. The number of anilines is 1. The van der Waals surface area contributed by atoms with Crippen LogP contribution in [0.25, 0.3) is 10.9 Å². The molecule has 5 rings (SSSR count). The number of piperazine rings is 1. The van der Waals surface area contributed by atoms with Crippen LogP contribution in [-0.4, -0.2) is 47.7 Å². The molecule has 156 valence electrons. The van der Waals surface area contributed by atoms with Crippen LogP contribution in [0, 0.1) is 13.8 Å². The minimum absolute atomic E-state index is 0.114. The maximum Gasteiger partial charge on any atom is 0.270 e. The second kappa shape index (κ2) is 7.38. The summed E-state index contributed by atoms with van der Waals surface area (Å²) in [6.07, 6.45) is 1.04. The Bertz CT molecular complexity index is 1110. The number of rotatable bonds is 3. The van der Waals surface area contributed by atoms with Crippen molar-refractivity contribution in [3.63, 3.8) is 0 Å². The first-order valence-corrected chi connectivity index (χ1v) is 11.0. The van der Waals surface area contributed by atoms with Crippen molar-refractivity contribution in [2.45, 2.75) is 39.8 Å². The van der Waals surface area contributed by atoms with Crippen molar-refractivity contribution in [2.75, 3.05) is 31.1 Å². The molecule has 5 nitrogen and oxygen atoms in total. The number of hydrogen-bond acceptors (Lipinski definition) is 3. The summed E-state index contributed by atoms with van der Waals surface area (Å²) in [6, 6.07) is 14.6. The summed E-state index contributed by atoms with van der Waals surface area (Å²) in [6.45, 7) is 10.4. The highest BCUT2D eigenvalue weighted by molar-refractivity contribution is 6.00. The largest absolute Gasteiger partial charge is 0.486 e. The van der Waals surface area contributed by atoms with Gasteiger partial charge in [0.1, 0.15) is 17.5 Å². The number of nitrogens with zero attached hydrogens (tertiary/aromatic N) is 3. The van der Waals surface area contributed by atoms with Crippen molar-refractivity contribution in [1.82, 2.24) is 9.47 Å². The molecule has 0 N–H and O–H groups in total. The molecule has 3 heterocycles. The van der Waals surface area contributed by atoms with Gasteiger partial charge in [0, 0.05) is 37.3 Å². The van der Waals surface area contributed by atoms with Crippen molar-refractivity contribution in [1.29, 1.82) is 0 Å². The zero-order valence-electron chi connectivity index (χ0n) is 18.0. The Labute approximate surface area is 177 Å². The second-order valence-corrected chi connectivity index (χ2v) is 8.48. The van der Waals surface area contributed by atoms with Crippen LogP contribution in [0.1, 0.15) is 35.0 Å². The van der Waals surface area contributed by atoms with Gasteiger partial charge in [0.2, 0.25) is 0 Å². The second-order valence-electron chi connectivity index (χ2n) is 8.48. The summed E-state index contributed by atoms with van der Waals surface area (Å²) in [5.74, 6) is 1.03. The Morgan fingerprint density at radius 1 is 1.07 bits per heavy atom. The van der Waals surface area contributed by atoms with E-state index in [-0.39, 0.29) is 12.0 Å². The summed E-state index contributed by atoms with van der Waals surface area (Å²) in [7, 11) is 0. The van der Waals surface area contributed by atoms with E-state index in [1.165, 1.54) is 16.8 Å². The van der Waals surface area contributed by atoms with Crippen molar-refractivity contribution in [3.8, 4) is 5.75 Å². The molecule has 30 heavy (non-hydrogen) atoms. The minimum Gasteiger partial charge on any atom is -0.486 e. The highest BCUT2D eigenvalue weighted by Gasteiger charge is 2.29. The molecule has 1 aromatic heterocycles.